The molecular weight excluding hydrogens is 260 g/mol. The van der Waals surface area contributed by atoms with Gasteiger partial charge in [0.2, 0.25) is 0 Å². The quantitative estimate of drug-likeness (QED) is 0.853. The van der Waals surface area contributed by atoms with Crippen molar-refractivity contribution in [2.24, 2.45) is 0 Å². The van der Waals surface area contributed by atoms with Crippen LogP contribution in [0.1, 0.15) is 37.7 Å². The van der Waals surface area contributed by atoms with Gasteiger partial charge in [-0.25, -0.2) is 9.59 Å². The van der Waals surface area contributed by atoms with Crippen LogP contribution in [0, 0.1) is 0 Å². The Morgan fingerprint density at radius 2 is 2.24 bits per heavy atom. The Morgan fingerprint density at radius 3 is 2.71 bits per heavy atom. The average molecular weight is 272 g/mol. The molecule has 2 heterocycles. The van der Waals surface area contributed by atoms with E-state index < -0.39 is 11.9 Å². The van der Waals surface area contributed by atoms with Gasteiger partial charge in [0.05, 0.1) is 6.61 Å². The van der Waals surface area contributed by atoms with Crippen LogP contribution in [-0.4, -0.2) is 35.2 Å². The van der Waals surface area contributed by atoms with Gasteiger partial charge in [-0.15, -0.1) is 11.3 Å². The van der Waals surface area contributed by atoms with Crippen molar-refractivity contribution in [1.29, 1.82) is 0 Å². The predicted molar refractivity (Wildman–Crippen MR) is 67.3 cm³/mol. The zero-order chi connectivity index (χ0) is 12.4. The monoisotopic (exact) mass is 272 g/mol. The number of ether oxygens (including phenoxy) is 1. The number of thioether (sulfide) groups is 1. The molecule has 6 heteroatoms. The summed E-state index contributed by atoms with van der Waals surface area (Å²) in [7, 11) is 0. The van der Waals surface area contributed by atoms with Gasteiger partial charge in [0.1, 0.15) is 9.75 Å². The van der Waals surface area contributed by atoms with E-state index in [0.717, 1.165) is 28.4 Å². The Labute approximate surface area is 107 Å². The topological polar surface area (TPSA) is 63.6 Å². The van der Waals surface area contributed by atoms with Crippen LogP contribution < -0.4 is 0 Å². The van der Waals surface area contributed by atoms with Gasteiger partial charge >= 0.3 is 11.9 Å². The number of esters is 1. The molecule has 0 aliphatic carbocycles. The van der Waals surface area contributed by atoms with Crippen molar-refractivity contribution in [2.45, 2.75) is 12.8 Å². The fourth-order valence-corrected chi connectivity index (χ4v) is 3.39. The maximum Gasteiger partial charge on any atom is 0.348 e. The fourth-order valence-electron chi connectivity index (χ4n) is 1.59. The van der Waals surface area contributed by atoms with E-state index in [1.165, 1.54) is 0 Å². The van der Waals surface area contributed by atoms with Crippen molar-refractivity contribution in [2.75, 3.05) is 18.1 Å². The van der Waals surface area contributed by atoms with Crippen LogP contribution in [0.5, 0.6) is 0 Å². The summed E-state index contributed by atoms with van der Waals surface area (Å²) in [6, 6.07) is 1.61. The Balaban J connectivity index is 2.33. The maximum absolute atomic E-state index is 11.7. The molecule has 1 aliphatic heterocycles. The zero-order valence-corrected chi connectivity index (χ0v) is 10.9. The van der Waals surface area contributed by atoms with E-state index >= 15 is 0 Å². The van der Waals surface area contributed by atoms with Gasteiger partial charge in [-0.2, -0.15) is 11.8 Å². The number of carboxylic acids is 1. The van der Waals surface area contributed by atoms with E-state index in [1.54, 1.807) is 24.8 Å². The van der Waals surface area contributed by atoms with E-state index in [2.05, 4.69) is 0 Å². The first-order chi connectivity index (χ1) is 8.13. The lowest BCUT2D eigenvalue weighted by molar-refractivity contribution is 0.0530. The smallest absolute Gasteiger partial charge is 0.348 e. The maximum atomic E-state index is 11.7. The van der Waals surface area contributed by atoms with Crippen molar-refractivity contribution < 1.29 is 19.4 Å². The van der Waals surface area contributed by atoms with Crippen LogP contribution in [0.4, 0.5) is 0 Å². The SMILES string of the molecule is CCOC(=O)c1sc(C(=O)O)cc1C1CSC1. The molecule has 0 radical (unpaired) electrons. The summed E-state index contributed by atoms with van der Waals surface area (Å²) >= 11 is 2.81. The number of carbonyl (C=O) groups excluding carboxylic acids is 1. The van der Waals surface area contributed by atoms with E-state index in [0.29, 0.717) is 17.4 Å². The van der Waals surface area contributed by atoms with Gasteiger partial charge in [0.25, 0.3) is 0 Å². The largest absolute Gasteiger partial charge is 0.477 e. The molecule has 1 aromatic rings. The van der Waals surface area contributed by atoms with Crippen molar-refractivity contribution in [3.63, 3.8) is 0 Å². The number of carbonyl (C=O) groups is 2. The first-order valence-corrected chi connectivity index (χ1v) is 7.22. The average Bonchev–Trinajstić information content (AvgIpc) is 2.60. The first kappa shape index (κ1) is 12.4. The van der Waals surface area contributed by atoms with E-state index in [9.17, 15) is 9.59 Å². The predicted octanol–water partition coefficient (Wildman–Crippen LogP) is 2.45. The van der Waals surface area contributed by atoms with Crippen molar-refractivity contribution in [3.05, 3.63) is 21.4 Å². The molecule has 1 aromatic heterocycles. The minimum Gasteiger partial charge on any atom is -0.477 e. The number of carboxylic acid groups (broad SMARTS) is 1. The van der Waals surface area contributed by atoms with Gasteiger partial charge in [-0.3, -0.25) is 0 Å². The van der Waals surface area contributed by atoms with Gasteiger partial charge < -0.3 is 9.84 Å². The van der Waals surface area contributed by atoms with Gasteiger partial charge in [-0.1, -0.05) is 0 Å². The molecule has 4 nitrogen and oxygen atoms in total. The second-order valence-electron chi connectivity index (χ2n) is 3.66. The minimum atomic E-state index is -0.987. The molecule has 0 saturated carbocycles. The molecule has 1 fully saturated rings. The Kier molecular flexibility index (Phi) is 3.73. The molecule has 0 aromatic carbocycles. The van der Waals surface area contributed by atoms with Crippen LogP contribution in [0.25, 0.3) is 0 Å². The molecule has 1 aliphatic rings. The molecule has 0 atom stereocenters. The van der Waals surface area contributed by atoms with E-state index in [4.69, 9.17) is 9.84 Å². The van der Waals surface area contributed by atoms with Crippen molar-refractivity contribution in [3.8, 4) is 0 Å². The summed E-state index contributed by atoms with van der Waals surface area (Å²) in [4.78, 5) is 23.3. The summed E-state index contributed by atoms with van der Waals surface area (Å²) in [5.74, 6) is 0.795. The van der Waals surface area contributed by atoms with Crippen LogP contribution in [0.2, 0.25) is 0 Å². The van der Waals surface area contributed by atoms with Gasteiger partial charge in [-0.05, 0) is 18.6 Å². The summed E-state index contributed by atoms with van der Waals surface area (Å²) in [6.45, 7) is 2.04. The standard InChI is InChI=1S/C11H12O4S2/c1-2-15-11(14)9-7(6-4-16-5-6)3-8(17-9)10(12)13/h3,6H,2,4-5H2,1H3,(H,12,13). The zero-order valence-electron chi connectivity index (χ0n) is 9.26. The van der Waals surface area contributed by atoms with Gasteiger partial charge in [0.15, 0.2) is 0 Å². The Hall–Kier alpha value is -1.01. The lowest BCUT2D eigenvalue weighted by atomic mass is 10.0. The van der Waals surface area contributed by atoms with Crippen LogP contribution >= 0.6 is 23.1 Å². The molecule has 1 N–H and O–H groups in total. The lowest BCUT2D eigenvalue weighted by Crippen LogP contribution is -2.18. The number of thiophene rings is 1. The molecule has 0 spiro atoms. The summed E-state index contributed by atoms with van der Waals surface area (Å²) in [5.41, 5.74) is 0.838. The third-order valence-corrected chi connectivity index (χ3v) is 4.91. The van der Waals surface area contributed by atoms with Crippen LogP contribution in [-0.2, 0) is 4.74 Å². The van der Waals surface area contributed by atoms with E-state index in [1.807, 2.05) is 0 Å². The summed E-state index contributed by atoms with van der Waals surface area (Å²) in [6.07, 6.45) is 0. The Bertz CT molecular complexity index is 448. The third-order valence-electron chi connectivity index (χ3n) is 2.51. The highest BCUT2D eigenvalue weighted by Crippen LogP contribution is 2.39. The van der Waals surface area contributed by atoms with Crippen LogP contribution in [0.3, 0.4) is 0 Å². The first-order valence-electron chi connectivity index (χ1n) is 5.25. The second kappa shape index (κ2) is 5.10. The summed E-state index contributed by atoms with van der Waals surface area (Å²) < 4.78 is 4.95. The third kappa shape index (κ3) is 2.47. The molecule has 2 rings (SSSR count). The number of rotatable bonds is 4. The molecular formula is C11H12O4S2. The lowest BCUT2D eigenvalue weighted by Gasteiger charge is -2.24. The molecule has 0 unspecified atom stereocenters. The highest BCUT2D eigenvalue weighted by Gasteiger charge is 2.29. The van der Waals surface area contributed by atoms with Crippen LogP contribution in [0.15, 0.2) is 6.07 Å². The van der Waals surface area contributed by atoms with Crippen molar-refractivity contribution in [1.82, 2.24) is 0 Å². The summed E-state index contributed by atoms with van der Waals surface area (Å²) in [5, 5.41) is 8.96. The molecule has 0 bridgehead atoms. The van der Waals surface area contributed by atoms with Crippen molar-refractivity contribution >= 4 is 35.0 Å². The minimum absolute atomic E-state index is 0.208. The molecule has 0 amide bonds. The Morgan fingerprint density at radius 1 is 1.53 bits per heavy atom. The molecule has 92 valence electrons. The molecule has 1 saturated heterocycles. The highest BCUT2D eigenvalue weighted by molar-refractivity contribution is 8.00. The van der Waals surface area contributed by atoms with Gasteiger partial charge in [0, 0.05) is 17.4 Å². The van der Waals surface area contributed by atoms with E-state index in [-0.39, 0.29) is 4.88 Å². The normalized spacial score (nSPS) is 15.4. The highest BCUT2D eigenvalue weighted by atomic mass is 32.2. The number of hydrogen-bond donors (Lipinski definition) is 1. The second-order valence-corrected chi connectivity index (χ2v) is 5.78. The fraction of sp³-hybridized carbons (Fsp3) is 0.455. The number of aromatic carboxylic acids is 1. The number of hydrogen-bond acceptors (Lipinski definition) is 5. The molecule has 17 heavy (non-hydrogen) atoms.